The smallest absolute Gasteiger partial charge is 0.319 e. The standard InChI is InChI=1S/C30H32Br2N4O3/c1-3-19(2)28-29(38)34(17-22-9-6-8-21-7-4-5-10-25(21)22)18-26-35(12-11-27(37)36(26)28)30(39)33-16-20-13-23(31)15-24(32)14-20/h4-10,13-15,19,26,28H,3,11-12,16-18H2,1-2H3,(H,33,39)/t19-,26+,28-/m0/s1. The lowest BCUT2D eigenvalue weighted by Crippen LogP contribution is -2.72. The van der Waals surface area contributed by atoms with Gasteiger partial charge in [-0.2, -0.15) is 0 Å². The number of piperazine rings is 1. The fraction of sp³-hybridized carbons (Fsp3) is 0.367. The van der Waals surface area contributed by atoms with Crippen molar-refractivity contribution >= 4 is 60.5 Å². The zero-order valence-corrected chi connectivity index (χ0v) is 25.2. The maximum Gasteiger partial charge on any atom is 0.319 e. The monoisotopic (exact) mass is 654 g/mol. The number of fused-ring (bicyclic) bond motifs is 2. The molecular formula is C30H32Br2N4O3. The third kappa shape index (κ3) is 5.70. The van der Waals surface area contributed by atoms with Gasteiger partial charge in [-0.15, -0.1) is 0 Å². The van der Waals surface area contributed by atoms with Gasteiger partial charge in [-0.3, -0.25) is 9.59 Å². The van der Waals surface area contributed by atoms with E-state index in [4.69, 9.17) is 0 Å². The van der Waals surface area contributed by atoms with Crippen molar-refractivity contribution in [3.8, 4) is 0 Å². The molecule has 0 spiro atoms. The fourth-order valence-electron chi connectivity index (χ4n) is 5.68. The Hall–Kier alpha value is -2.91. The number of nitrogens with zero attached hydrogens (tertiary/aromatic N) is 3. The van der Waals surface area contributed by atoms with E-state index in [-0.39, 0.29) is 36.7 Å². The first-order valence-electron chi connectivity index (χ1n) is 13.3. The summed E-state index contributed by atoms with van der Waals surface area (Å²) in [7, 11) is 0. The number of hydrogen-bond donors (Lipinski definition) is 1. The Labute approximate surface area is 245 Å². The van der Waals surface area contributed by atoms with Gasteiger partial charge in [-0.25, -0.2) is 4.79 Å². The largest absolute Gasteiger partial charge is 0.334 e. The average Bonchev–Trinajstić information content (AvgIpc) is 2.92. The summed E-state index contributed by atoms with van der Waals surface area (Å²) in [5.74, 6) is -0.159. The van der Waals surface area contributed by atoms with E-state index in [0.717, 1.165) is 37.3 Å². The van der Waals surface area contributed by atoms with Gasteiger partial charge >= 0.3 is 6.03 Å². The molecule has 2 aliphatic rings. The number of amides is 4. The van der Waals surface area contributed by atoms with Crippen molar-refractivity contribution in [2.75, 3.05) is 13.1 Å². The first-order chi connectivity index (χ1) is 18.8. The van der Waals surface area contributed by atoms with Crippen LogP contribution in [0.5, 0.6) is 0 Å². The molecule has 3 atom stereocenters. The van der Waals surface area contributed by atoms with E-state index in [0.29, 0.717) is 19.6 Å². The molecule has 7 nitrogen and oxygen atoms in total. The van der Waals surface area contributed by atoms with Gasteiger partial charge in [0.2, 0.25) is 11.8 Å². The Kier molecular flexibility index (Phi) is 8.28. The van der Waals surface area contributed by atoms with Gasteiger partial charge in [0.1, 0.15) is 12.2 Å². The molecule has 1 N–H and O–H groups in total. The van der Waals surface area contributed by atoms with Gasteiger partial charge in [0.15, 0.2) is 0 Å². The number of carbonyl (C=O) groups is 3. The van der Waals surface area contributed by atoms with E-state index >= 15 is 0 Å². The Morgan fingerprint density at radius 3 is 2.51 bits per heavy atom. The summed E-state index contributed by atoms with van der Waals surface area (Å²) in [6.07, 6.45) is 0.432. The van der Waals surface area contributed by atoms with Gasteiger partial charge in [-0.1, -0.05) is 94.6 Å². The van der Waals surface area contributed by atoms with E-state index in [9.17, 15) is 14.4 Å². The molecular weight excluding hydrogens is 624 g/mol. The second-order valence-corrected chi connectivity index (χ2v) is 12.2. The van der Waals surface area contributed by atoms with Crippen LogP contribution in [0.1, 0.15) is 37.8 Å². The highest BCUT2D eigenvalue weighted by atomic mass is 79.9. The molecule has 9 heteroatoms. The van der Waals surface area contributed by atoms with Gasteiger partial charge in [0, 0.05) is 35.0 Å². The van der Waals surface area contributed by atoms with Crippen molar-refractivity contribution in [1.82, 2.24) is 20.0 Å². The summed E-state index contributed by atoms with van der Waals surface area (Å²) >= 11 is 6.99. The minimum Gasteiger partial charge on any atom is -0.334 e. The molecule has 0 saturated carbocycles. The highest BCUT2D eigenvalue weighted by Crippen LogP contribution is 2.32. The van der Waals surface area contributed by atoms with E-state index < -0.39 is 12.2 Å². The second kappa shape index (κ2) is 11.7. The highest BCUT2D eigenvalue weighted by molar-refractivity contribution is 9.11. The van der Waals surface area contributed by atoms with Crippen LogP contribution in [0, 0.1) is 5.92 Å². The van der Waals surface area contributed by atoms with Crippen LogP contribution in [-0.2, 0) is 22.7 Å². The summed E-state index contributed by atoms with van der Waals surface area (Å²) in [4.78, 5) is 46.0. The zero-order chi connectivity index (χ0) is 27.7. The molecule has 0 unspecified atom stereocenters. The van der Waals surface area contributed by atoms with Gasteiger partial charge in [-0.05, 0) is 46.0 Å². The third-order valence-electron chi connectivity index (χ3n) is 7.83. The minimum absolute atomic E-state index is 0.0405. The van der Waals surface area contributed by atoms with Crippen LogP contribution in [-0.4, -0.2) is 57.8 Å². The van der Waals surface area contributed by atoms with Gasteiger partial charge in [0.25, 0.3) is 0 Å². The lowest BCUT2D eigenvalue weighted by atomic mass is 9.91. The number of nitrogens with one attached hydrogen (secondary N) is 1. The molecule has 39 heavy (non-hydrogen) atoms. The van der Waals surface area contributed by atoms with Crippen LogP contribution >= 0.6 is 31.9 Å². The number of hydrogen-bond acceptors (Lipinski definition) is 3. The van der Waals surface area contributed by atoms with Gasteiger partial charge in [0.05, 0.1) is 6.54 Å². The molecule has 204 valence electrons. The first-order valence-corrected chi connectivity index (χ1v) is 14.9. The van der Waals surface area contributed by atoms with E-state index in [1.165, 1.54) is 0 Å². The average molecular weight is 656 g/mol. The molecule has 0 bridgehead atoms. The number of benzene rings is 3. The van der Waals surface area contributed by atoms with Crippen LogP contribution in [0.25, 0.3) is 10.8 Å². The predicted molar refractivity (Wildman–Crippen MR) is 159 cm³/mol. The molecule has 0 aliphatic carbocycles. The second-order valence-electron chi connectivity index (χ2n) is 10.3. The van der Waals surface area contributed by atoms with Crippen molar-refractivity contribution in [3.05, 3.63) is 80.7 Å². The van der Waals surface area contributed by atoms with E-state index in [2.05, 4.69) is 55.4 Å². The number of carbonyl (C=O) groups excluding carboxylic acids is 3. The Morgan fingerprint density at radius 1 is 1.05 bits per heavy atom. The number of urea groups is 1. The molecule has 2 heterocycles. The van der Waals surface area contributed by atoms with Crippen molar-refractivity contribution in [2.45, 2.75) is 52.0 Å². The quantitative estimate of drug-likeness (QED) is 0.360. The summed E-state index contributed by atoms with van der Waals surface area (Å²) in [5, 5.41) is 5.25. The van der Waals surface area contributed by atoms with E-state index in [1.807, 2.05) is 61.2 Å². The fourth-order valence-corrected chi connectivity index (χ4v) is 7.07. The maximum atomic E-state index is 13.9. The van der Waals surface area contributed by atoms with Crippen molar-refractivity contribution in [2.24, 2.45) is 5.92 Å². The molecule has 0 aromatic heterocycles. The molecule has 4 amide bonds. The van der Waals surface area contributed by atoms with Crippen LogP contribution in [0.2, 0.25) is 0 Å². The predicted octanol–water partition coefficient (Wildman–Crippen LogP) is 5.89. The molecule has 5 rings (SSSR count). The van der Waals surface area contributed by atoms with E-state index in [1.54, 1.807) is 9.80 Å². The topological polar surface area (TPSA) is 73.0 Å². The lowest BCUT2D eigenvalue weighted by molar-refractivity contribution is -0.170. The Morgan fingerprint density at radius 2 is 1.77 bits per heavy atom. The molecule has 3 aromatic carbocycles. The lowest BCUT2D eigenvalue weighted by Gasteiger charge is -2.53. The number of halogens is 2. The highest BCUT2D eigenvalue weighted by Gasteiger charge is 2.50. The van der Waals surface area contributed by atoms with Crippen LogP contribution in [0.3, 0.4) is 0 Å². The number of rotatable bonds is 6. The van der Waals surface area contributed by atoms with Crippen molar-refractivity contribution in [3.63, 3.8) is 0 Å². The normalized spacial score (nSPS) is 20.3. The zero-order valence-electron chi connectivity index (χ0n) is 22.1. The summed E-state index contributed by atoms with van der Waals surface area (Å²) in [6, 6.07) is 19.3. The van der Waals surface area contributed by atoms with Crippen LogP contribution in [0.4, 0.5) is 4.79 Å². The first kappa shape index (κ1) is 27.6. The molecule has 3 aromatic rings. The molecule has 2 fully saturated rings. The minimum atomic E-state index is -0.604. The molecule has 2 aliphatic heterocycles. The molecule has 2 saturated heterocycles. The van der Waals surface area contributed by atoms with Crippen LogP contribution in [0.15, 0.2) is 69.6 Å². The SMILES string of the molecule is CC[C@H](C)[C@H]1C(=O)N(Cc2cccc3ccccc23)C[C@@H]2N(C(=O)NCc3cc(Br)cc(Br)c3)CCC(=O)N12. The third-order valence-corrected chi connectivity index (χ3v) is 8.75. The van der Waals surface area contributed by atoms with Crippen molar-refractivity contribution < 1.29 is 14.4 Å². The van der Waals surface area contributed by atoms with Gasteiger partial charge < -0.3 is 20.0 Å². The summed E-state index contributed by atoms with van der Waals surface area (Å²) in [5.41, 5.74) is 2.00. The molecule has 0 radical (unpaired) electrons. The Bertz CT molecular complexity index is 1390. The summed E-state index contributed by atoms with van der Waals surface area (Å²) in [6.45, 7) is 5.41. The van der Waals surface area contributed by atoms with Crippen LogP contribution < -0.4 is 5.32 Å². The summed E-state index contributed by atoms with van der Waals surface area (Å²) < 4.78 is 1.84. The maximum absolute atomic E-state index is 13.9. The van der Waals surface area contributed by atoms with Crippen molar-refractivity contribution in [1.29, 1.82) is 0 Å². The Balaban J connectivity index is 1.43.